The third kappa shape index (κ3) is 5.29. The summed E-state index contributed by atoms with van der Waals surface area (Å²) in [5.41, 5.74) is 1.73. The van der Waals surface area contributed by atoms with Gasteiger partial charge in [-0.3, -0.25) is 4.79 Å². The second kappa shape index (κ2) is 7.84. The first kappa shape index (κ1) is 15.6. The van der Waals surface area contributed by atoms with E-state index in [1.165, 1.54) is 0 Å². The first-order valence-electron chi connectivity index (χ1n) is 7.06. The van der Waals surface area contributed by atoms with Gasteiger partial charge in [-0.15, -0.1) is 0 Å². The number of phenols is 2. The molecule has 22 heavy (non-hydrogen) atoms. The van der Waals surface area contributed by atoms with E-state index in [0.717, 1.165) is 11.1 Å². The van der Waals surface area contributed by atoms with Crippen LogP contribution < -0.4 is 0 Å². The summed E-state index contributed by atoms with van der Waals surface area (Å²) < 4.78 is 0. The summed E-state index contributed by atoms with van der Waals surface area (Å²) in [5.74, 6) is 0.526. The van der Waals surface area contributed by atoms with Gasteiger partial charge in [0.05, 0.1) is 0 Å². The molecule has 3 heteroatoms. The van der Waals surface area contributed by atoms with Crippen molar-refractivity contribution in [3.05, 3.63) is 71.8 Å². The van der Waals surface area contributed by atoms with E-state index in [2.05, 4.69) is 0 Å². The molecule has 0 heterocycles. The molecule has 0 radical (unpaired) electrons. The van der Waals surface area contributed by atoms with Crippen LogP contribution in [0.4, 0.5) is 0 Å². The van der Waals surface area contributed by atoms with E-state index in [1.54, 1.807) is 48.6 Å². The summed E-state index contributed by atoms with van der Waals surface area (Å²) in [4.78, 5) is 11.8. The Morgan fingerprint density at radius 1 is 0.818 bits per heavy atom. The smallest absolute Gasteiger partial charge is 0.140 e. The Bertz CT molecular complexity index is 640. The molecule has 0 amide bonds. The minimum atomic E-state index is 0.104. The van der Waals surface area contributed by atoms with E-state index >= 15 is 0 Å². The first-order chi connectivity index (χ1) is 10.6. The molecule has 2 N–H and O–H groups in total. The maximum Gasteiger partial charge on any atom is 0.140 e. The molecule has 0 unspecified atom stereocenters. The van der Waals surface area contributed by atoms with Gasteiger partial charge in [-0.1, -0.05) is 48.6 Å². The lowest BCUT2D eigenvalue weighted by Crippen LogP contribution is -1.92. The van der Waals surface area contributed by atoms with Crippen LogP contribution >= 0.6 is 0 Å². The summed E-state index contributed by atoms with van der Waals surface area (Å²) in [6.45, 7) is 0. The topological polar surface area (TPSA) is 57.5 Å². The predicted octanol–water partition coefficient (Wildman–Crippen LogP) is 4.17. The van der Waals surface area contributed by atoms with Crippen LogP contribution in [0.3, 0.4) is 0 Å². The molecule has 2 aromatic carbocycles. The number of carbonyl (C=O) groups is 1. The zero-order valence-electron chi connectivity index (χ0n) is 12.1. The number of ketones is 1. The lowest BCUT2D eigenvalue weighted by atomic mass is 10.1. The Morgan fingerprint density at radius 3 is 1.68 bits per heavy atom. The molecule has 0 fully saturated rings. The molecule has 112 valence electrons. The van der Waals surface area contributed by atoms with Crippen molar-refractivity contribution in [2.75, 3.05) is 0 Å². The minimum Gasteiger partial charge on any atom is -0.508 e. The zero-order chi connectivity index (χ0) is 15.8. The minimum absolute atomic E-state index is 0.104. The monoisotopic (exact) mass is 294 g/mol. The fourth-order valence-corrected chi connectivity index (χ4v) is 1.99. The highest BCUT2D eigenvalue weighted by Gasteiger charge is 1.96. The average molecular weight is 294 g/mol. The Labute approximate surface area is 129 Å². The Morgan fingerprint density at radius 2 is 1.27 bits per heavy atom. The van der Waals surface area contributed by atoms with Crippen molar-refractivity contribution in [2.45, 2.75) is 12.8 Å². The SMILES string of the molecule is O=C(C/C=C/c1cccc(O)c1)C/C=C/c1cccc(O)c1. The molecule has 0 aliphatic carbocycles. The summed E-state index contributed by atoms with van der Waals surface area (Å²) >= 11 is 0. The fourth-order valence-electron chi connectivity index (χ4n) is 1.99. The number of Topliss-reactive ketones (excluding diaryl/α,β-unsaturated/α-hetero) is 1. The van der Waals surface area contributed by atoms with E-state index in [9.17, 15) is 15.0 Å². The van der Waals surface area contributed by atoms with Gasteiger partial charge in [0.1, 0.15) is 17.3 Å². The molecule has 0 saturated heterocycles. The maximum atomic E-state index is 11.8. The van der Waals surface area contributed by atoms with Crippen molar-refractivity contribution in [3.63, 3.8) is 0 Å². The highest BCUT2D eigenvalue weighted by atomic mass is 16.3. The normalized spacial score (nSPS) is 11.3. The van der Waals surface area contributed by atoms with Crippen LogP contribution in [0.5, 0.6) is 11.5 Å². The largest absolute Gasteiger partial charge is 0.508 e. The maximum absolute atomic E-state index is 11.8. The van der Waals surface area contributed by atoms with Crippen molar-refractivity contribution in [1.29, 1.82) is 0 Å². The molecule has 0 aromatic heterocycles. The average Bonchev–Trinajstić information content (AvgIpc) is 2.47. The molecule has 0 atom stereocenters. The van der Waals surface area contributed by atoms with Gasteiger partial charge in [0.2, 0.25) is 0 Å². The lowest BCUT2D eigenvalue weighted by Gasteiger charge is -1.96. The number of rotatable bonds is 6. The van der Waals surface area contributed by atoms with Gasteiger partial charge >= 0.3 is 0 Å². The Hall–Kier alpha value is -2.81. The summed E-state index contributed by atoms with van der Waals surface area (Å²) in [5, 5.41) is 18.7. The van der Waals surface area contributed by atoms with E-state index in [4.69, 9.17) is 0 Å². The number of benzene rings is 2. The molecule has 0 aliphatic rings. The molecule has 2 rings (SSSR count). The van der Waals surface area contributed by atoms with Gasteiger partial charge in [-0.05, 0) is 35.4 Å². The molecule has 0 saturated carbocycles. The van der Waals surface area contributed by atoms with Crippen molar-refractivity contribution in [1.82, 2.24) is 0 Å². The quantitative estimate of drug-likeness (QED) is 0.840. The second-order valence-corrected chi connectivity index (χ2v) is 4.94. The van der Waals surface area contributed by atoms with Crippen LogP contribution in [0.2, 0.25) is 0 Å². The highest BCUT2D eigenvalue weighted by Crippen LogP contribution is 2.13. The third-order valence-corrected chi connectivity index (χ3v) is 3.05. The Balaban J connectivity index is 1.81. The second-order valence-electron chi connectivity index (χ2n) is 4.94. The molecule has 0 bridgehead atoms. The lowest BCUT2D eigenvalue weighted by molar-refractivity contribution is -0.117. The summed E-state index contributed by atoms with van der Waals surface area (Å²) in [6, 6.07) is 13.7. The van der Waals surface area contributed by atoms with Crippen LogP contribution in [0.15, 0.2) is 60.7 Å². The van der Waals surface area contributed by atoms with Gasteiger partial charge < -0.3 is 10.2 Å². The van der Waals surface area contributed by atoms with E-state index in [1.807, 2.05) is 24.3 Å². The highest BCUT2D eigenvalue weighted by molar-refractivity contribution is 5.82. The van der Waals surface area contributed by atoms with Crippen molar-refractivity contribution in [3.8, 4) is 11.5 Å². The molecule has 3 nitrogen and oxygen atoms in total. The van der Waals surface area contributed by atoms with Gasteiger partial charge in [0.25, 0.3) is 0 Å². The third-order valence-electron chi connectivity index (χ3n) is 3.05. The van der Waals surface area contributed by atoms with Gasteiger partial charge in [0.15, 0.2) is 0 Å². The molecular weight excluding hydrogens is 276 g/mol. The summed E-state index contributed by atoms with van der Waals surface area (Å²) in [6.07, 6.45) is 7.91. The van der Waals surface area contributed by atoms with Gasteiger partial charge in [-0.2, -0.15) is 0 Å². The van der Waals surface area contributed by atoms with E-state index in [0.29, 0.717) is 12.8 Å². The zero-order valence-corrected chi connectivity index (χ0v) is 12.1. The van der Waals surface area contributed by atoms with Crippen LogP contribution in [-0.2, 0) is 4.79 Å². The van der Waals surface area contributed by atoms with Gasteiger partial charge in [0, 0.05) is 12.8 Å². The predicted molar refractivity (Wildman–Crippen MR) is 88.5 cm³/mol. The number of phenolic OH excluding ortho intramolecular Hbond substituents is 2. The molecule has 0 spiro atoms. The number of hydrogen-bond acceptors (Lipinski definition) is 3. The fraction of sp³-hybridized carbons (Fsp3) is 0.105. The van der Waals surface area contributed by atoms with E-state index < -0.39 is 0 Å². The molecule has 0 aliphatic heterocycles. The molecule has 2 aromatic rings. The number of allylic oxidation sites excluding steroid dienone is 2. The van der Waals surface area contributed by atoms with Crippen LogP contribution in [0.1, 0.15) is 24.0 Å². The Kier molecular flexibility index (Phi) is 5.55. The molecular formula is C19H18O3. The first-order valence-corrected chi connectivity index (χ1v) is 7.06. The van der Waals surface area contributed by atoms with Crippen molar-refractivity contribution in [2.24, 2.45) is 0 Å². The van der Waals surface area contributed by atoms with Gasteiger partial charge in [-0.25, -0.2) is 0 Å². The standard InChI is InChI=1S/C19H18O3/c20-17(9-1-5-15-7-3-11-18(21)13-15)10-2-6-16-8-4-12-19(22)14-16/h1-8,11-14,21-22H,9-10H2/b5-1+,6-2+. The number of carbonyl (C=O) groups excluding carboxylic acids is 1. The van der Waals surface area contributed by atoms with Crippen LogP contribution in [0.25, 0.3) is 12.2 Å². The van der Waals surface area contributed by atoms with Crippen LogP contribution in [-0.4, -0.2) is 16.0 Å². The van der Waals surface area contributed by atoms with Crippen molar-refractivity contribution >= 4 is 17.9 Å². The number of hydrogen-bond donors (Lipinski definition) is 2. The van der Waals surface area contributed by atoms with Crippen LogP contribution in [0, 0.1) is 0 Å². The summed E-state index contributed by atoms with van der Waals surface area (Å²) in [7, 11) is 0. The van der Waals surface area contributed by atoms with Crippen molar-refractivity contribution < 1.29 is 15.0 Å². The van der Waals surface area contributed by atoms with E-state index in [-0.39, 0.29) is 17.3 Å². The number of aromatic hydroxyl groups is 2.